The first-order chi connectivity index (χ1) is 10.00. The Labute approximate surface area is 129 Å². The van der Waals surface area contributed by atoms with Crippen molar-refractivity contribution in [3.05, 3.63) is 24.2 Å². The maximum atomic E-state index is 6.06. The van der Waals surface area contributed by atoms with Crippen LogP contribution in [0.15, 0.2) is 22.8 Å². The lowest BCUT2D eigenvalue weighted by molar-refractivity contribution is -0.674. The first-order valence-corrected chi connectivity index (χ1v) is 8.48. The third kappa shape index (κ3) is 4.10. The molecule has 0 amide bonds. The molecule has 0 spiro atoms. The van der Waals surface area contributed by atoms with Crippen molar-refractivity contribution in [3.63, 3.8) is 0 Å². The van der Waals surface area contributed by atoms with E-state index in [2.05, 4.69) is 39.1 Å². The zero-order valence-corrected chi connectivity index (χ0v) is 14.2. The molecule has 21 heavy (non-hydrogen) atoms. The smallest absolute Gasteiger partial charge is 0.157 e. The Balaban J connectivity index is 1.89. The van der Waals surface area contributed by atoms with Crippen molar-refractivity contribution < 1.29 is 14.5 Å². The molecule has 1 saturated heterocycles. The van der Waals surface area contributed by atoms with E-state index in [1.807, 2.05) is 6.07 Å². The Hall–Kier alpha value is -0.800. The third-order valence-corrected chi connectivity index (χ3v) is 5.52. The highest BCUT2D eigenvalue weighted by molar-refractivity contribution is 4.96. The van der Waals surface area contributed by atoms with Gasteiger partial charge in [-0.3, -0.25) is 0 Å². The van der Waals surface area contributed by atoms with E-state index in [1.54, 1.807) is 6.26 Å². The lowest BCUT2D eigenvalue weighted by Crippen LogP contribution is -2.83. The summed E-state index contributed by atoms with van der Waals surface area (Å²) in [6, 6.07) is 4.02. The molecule has 1 aliphatic heterocycles. The summed E-state index contributed by atoms with van der Waals surface area (Å²) >= 11 is 0. The molecule has 0 aliphatic carbocycles. The van der Waals surface area contributed by atoms with Crippen LogP contribution < -0.4 is 5.32 Å². The molecule has 0 bridgehead atoms. The molecule has 3 heteroatoms. The van der Waals surface area contributed by atoms with Gasteiger partial charge in [0.15, 0.2) is 5.76 Å². The summed E-state index contributed by atoms with van der Waals surface area (Å²) in [7, 11) is 0. The van der Waals surface area contributed by atoms with Gasteiger partial charge in [0.05, 0.1) is 18.4 Å². The molecule has 1 aromatic heterocycles. The van der Waals surface area contributed by atoms with Crippen LogP contribution in [0, 0.1) is 11.3 Å². The molecule has 3 nitrogen and oxygen atoms in total. The van der Waals surface area contributed by atoms with Gasteiger partial charge in [-0.15, -0.1) is 0 Å². The Bertz CT molecular complexity index is 415. The summed E-state index contributed by atoms with van der Waals surface area (Å²) in [5, 5.41) is 2.38. The molecule has 0 aromatic carbocycles. The van der Waals surface area contributed by atoms with E-state index in [0.29, 0.717) is 11.3 Å². The molecule has 2 atom stereocenters. The monoisotopic (exact) mass is 294 g/mol. The van der Waals surface area contributed by atoms with Crippen LogP contribution in [-0.2, 0) is 11.3 Å². The lowest BCUT2D eigenvalue weighted by atomic mass is 9.64. The molecule has 2 N–H and O–H groups in total. The molecule has 2 rings (SSSR count). The van der Waals surface area contributed by atoms with Crippen molar-refractivity contribution >= 4 is 0 Å². The van der Waals surface area contributed by atoms with E-state index >= 15 is 0 Å². The van der Waals surface area contributed by atoms with Gasteiger partial charge in [0.2, 0.25) is 0 Å². The Kier molecular flexibility index (Phi) is 5.50. The van der Waals surface area contributed by atoms with Crippen molar-refractivity contribution in [2.24, 2.45) is 11.3 Å². The Morgan fingerprint density at radius 3 is 2.81 bits per heavy atom. The summed E-state index contributed by atoms with van der Waals surface area (Å²) < 4.78 is 11.5. The minimum Gasteiger partial charge on any atom is -0.463 e. The van der Waals surface area contributed by atoms with E-state index in [0.717, 1.165) is 25.3 Å². The van der Waals surface area contributed by atoms with Crippen LogP contribution >= 0.6 is 0 Å². The molecular weight excluding hydrogens is 262 g/mol. The van der Waals surface area contributed by atoms with Crippen LogP contribution in [0.25, 0.3) is 0 Å². The number of ether oxygens (including phenoxy) is 1. The standard InChI is InChI=1S/C18H31NO2/c1-5-17(4)14-18(15(2)3,9-12-21-17)8-10-19-13-16-7-6-11-20-16/h6-7,11,15,19H,5,8-10,12-14H2,1-4H3/p+1/t17-,18+/m1/s1. The summed E-state index contributed by atoms with van der Waals surface area (Å²) in [5.41, 5.74) is 0.506. The van der Waals surface area contributed by atoms with Gasteiger partial charge in [-0.1, -0.05) is 20.8 Å². The van der Waals surface area contributed by atoms with Gasteiger partial charge in [0.1, 0.15) is 6.54 Å². The largest absolute Gasteiger partial charge is 0.463 e. The van der Waals surface area contributed by atoms with Crippen LogP contribution in [-0.4, -0.2) is 18.8 Å². The van der Waals surface area contributed by atoms with Gasteiger partial charge in [0, 0.05) is 13.0 Å². The van der Waals surface area contributed by atoms with E-state index in [-0.39, 0.29) is 5.60 Å². The molecule has 0 unspecified atom stereocenters. The fraction of sp³-hybridized carbons (Fsp3) is 0.778. The minimum atomic E-state index is 0.0729. The Morgan fingerprint density at radius 2 is 2.19 bits per heavy atom. The molecule has 2 heterocycles. The molecule has 0 radical (unpaired) electrons. The van der Waals surface area contributed by atoms with Crippen molar-refractivity contribution in [2.45, 2.75) is 65.5 Å². The third-order valence-electron chi connectivity index (χ3n) is 5.52. The van der Waals surface area contributed by atoms with Gasteiger partial charge in [-0.2, -0.15) is 0 Å². The lowest BCUT2D eigenvalue weighted by Gasteiger charge is -2.48. The SMILES string of the molecule is CC[C@]1(C)C[C@@](CC[NH2+]Cc2ccco2)(C(C)C)CCO1. The summed E-state index contributed by atoms with van der Waals surface area (Å²) in [6.07, 6.45) is 6.53. The molecular formula is C18H32NO2+. The Morgan fingerprint density at radius 1 is 1.38 bits per heavy atom. The van der Waals surface area contributed by atoms with Crippen molar-refractivity contribution in [1.82, 2.24) is 0 Å². The molecule has 1 fully saturated rings. The number of rotatable bonds is 7. The van der Waals surface area contributed by atoms with Crippen molar-refractivity contribution in [3.8, 4) is 0 Å². The highest BCUT2D eigenvalue weighted by Crippen LogP contribution is 2.47. The van der Waals surface area contributed by atoms with Crippen molar-refractivity contribution in [2.75, 3.05) is 13.2 Å². The number of furan rings is 1. The van der Waals surface area contributed by atoms with Crippen LogP contribution in [0.2, 0.25) is 0 Å². The van der Waals surface area contributed by atoms with Crippen LogP contribution in [0.1, 0.15) is 59.1 Å². The molecule has 1 aliphatic rings. The number of nitrogens with two attached hydrogens (primary N) is 1. The van der Waals surface area contributed by atoms with E-state index < -0.39 is 0 Å². The predicted molar refractivity (Wildman–Crippen MR) is 85.0 cm³/mol. The summed E-state index contributed by atoms with van der Waals surface area (Å²) in [4.78, 5) is 0. The van der Waals surface area contributed by atoms with E-state index in [1.165, 1.54) is 25.8 Å². The van der Waals surface area contributed by atoms with Gasteiger partial charge in [-0.25, -0.2) is 0 Å². The van der Waals surface area contributed by atoms with Gasteiger partial charge in [0.25, 0.3) is 0 Å². The maximum Gasteiger partial charge on any atom is 0.157 e. The van der Waals surface area contributed by atoms with Crippen LogP contribution in [0.3, 0.4) is 0 Å². The first-order valence-electron chi connectivity index (χ1n) is 8.48. The number of hydrogen-bond donors (Lipinski definition) is 1. The zero-order valence-electron chi connectivity index (χ0n) is 14.2. The van der Waals surface area contributed by atoms with Gasteiger partial charge >= 0.3 is 0 Å². The molecule has 120 valence electrons. The average molecular weight is 294 g/mol. The van der Waals surface area contributed by atoms with Crippen LogP contribution in [0.4, 0.5) is 0 Å². The summed E-state index contributed by atoms with van der Waals surface area (Å²) in [5.74, 6) is 1.78. The average Bonchev–Trinajstić information content (AvgIpc) is 2.97. The number of quaternary nitrogens is 1. The summed E-state index contributed by atoms with van der Waals surface area (Å²) in [6.45, 7) is 12.3. The first kappa shape index (κ1) is 16.6. The minimum absolute atomic E-state index is 0.0729. The topological polar surface area (TPSA) is 39.0 Å². The highest BCUT2D eigenvalue weighted by atomic mass is 16.5. The van der Waals surface area contributed by atoms with E-state index in [4.69, 9.17) is 9.15 Å². The maximum absolute atomic E-state index is 6.06. The second kappa shape index (κ2) is 6.97. The van der Waals surface area contributed by atoms with Gasteiger partial charge < -0.3 is 14.5 Å². The molecule has 1 aromatic rings. The van der Waals surface area contributed by atoms with E-state index in [9.17, 15) is 0 Å². The molecule has 0 saturated carbocycles. The second-order valence-corrected chi connectivity index (χ2v) is 7.21. The fourth-order valence-corrected chi connectivity index (χ4v) is 3.67. The van der Waals surface area contributed by atoms with Gasteiger partial charge in [-0.05, 0) is 49.7 Å². The zero-order chi connectivity index (χ0) is 15.3. The quantitative estimate of drug-likeness (QED) is 0.783. The number of hydrogen-bond acceptors (Lipinski definition) is 2. The highest BCUT2D eigenvalue weighted by Gasteiger charge is 2.44. The fourth-order valence-electron chi connectivity index (χ4n) is 3.67. The van der Waals surface area contributed by atoms with Crippen molar-refractivity contribution in [1.29, 1.82) is 0 Å². The van der Waals surface area contributed by atoms with Crippen LogP contribution in [0.5, 0.6) is 0 Å². The second-order valence-electron chi connectivity index (χ2n) is 7.21. The normalized spacial score (nSPS) is 30.0. The predicted octanol–water partition coefficient (Wildman–Crippen LogP) is 3.35.